The fourth-order valence-electron chi connectivity index (χ4n) is 7.30. The molecule has 3 fully saturated rings. The van der Waals surface area contributed by atoms with E-state index in [1.165, 1.54) is 43.2 Å². The summed E-state index contributed by atoms with van der Waals surface area (Å²) in [5.41, 5.74) is 3.21. The van der Waals surface area contributed by atoms with Crippen molar-refractivity contribution in [1.82, 2.24) is 0 Å². The number of hydrogen-bond acceptors (Lipinski definition) is 5. The molecule has 31 heavy (non-hydrogen) atoms. The van der Waals surface area contributed by atoms with E-state index in [1.807, 2.05) is 6.07 Å². The predicted molar refractivity (Wildman–Crippen MR) is 118 cm³/mol. The van der Waals surface area contributed by atoms with Crippen molar-refractivity contribution in [2.45, 2.75) is 89.0 Å². The standard InChI is InChI=1S/C26H36O5/c1-4-16-6-10-21-20-8-5-15-13-17(7-9-18(15)19(20)11-12-26(16,21)3)31-25-24(29)23(28)22(27)14(2)30-25/h4,7,9,13-14,16,19-25,27-29H,1,5-6,8,10-12H2,2-3H3/t14-,16+,19?,20?,21?,22+,23+,24-,25-,26-/m1/s1. The molecule has 2 saturated carbocycles. The SMILES string of the molecule is C=C[C@H]1CCC2C3CCc4cc(O[C@H]5O[C@H](C)[C@H](O)[C@H](O)[C@H]5O)ccc4C3CC[C@@]21C. The lowest BCUT2D eigenvalue weighted by atomic mass is 9.54. The minimum Gasteiger partial charge on any atom is -0.462 e. The molecule has 5 rings (SSSR count). The van der Waals surface area contributed by atoms with Gasteiger partial charge in [0.1, 0.15) is 24.1 Å². The Kier molecular flexibility index (Phi) is 5.45. The van der Waals surface area contributed by atoms with Crippen molar-refractivity contribution in [1.29, 1.82) is 0 Å². The molecular formula is C26H36O5. The highest BCUT2D eigenvalue weighted by molar-refractivity contribution is 5.41. The van der Waals surface area contributed by atoms with Gasteiger partial charge in [0.2, 0.25) is 6.29 Å². The number of aryl methyl sites for hydroxylation is 1. The Morgan fingerprint density at radius 1 is 1.10 bits per heavy atom. The number of aliphatic hydroxyl groups excluding tert-OH is 3. The summed E-state index contributed by atoms with van der Waals surface area (Å²) in [7, 11) is 0. The van der Waals surface area contributed by atoms with Crippen LogP contribution in [0.2, 0.25) is 0 Å². The van der Waals surface area contributed by atoms with Gasteiger partial charge in [-0.1, -0.05) is 19.1 Å². The first kappa shape index (κ1) is 21.4. The fourth-order valence-corrected chi connectivity index (χ4v) is 7.30. The van der Waals surface area contributed by atoms with E-state index in [-0.39, 0.29) is 0 Å². The van der Waals surface area contributed by atoms with Crippen molar-refractivity contribution in [2.75, 3.05) is 0 Å². The van der Waals surface area contributed by atoms with Crippen LogP contribution in [0.3, 0.4) is 0 Å². The highest BCUT2D eigenvalue weighted by atomic mass is 16.7. The fraction of sp³-hybridized carbons (Fsp3) is 0.692. The maximum Gasteiger partial charge on any atom is 0.229 e. The molecule has 3 N–H and O–H groups in total. The molecule has 10 atom stereocenters. The van der Waals surface area contributed by atoms with Crippen LogP contribution in [0, 0.1) is 23.2 Å². The zero-order chi connectivity index (χ0) is 21.9. The first-order chi connectivity index (χ1) is 14.8. The van der Waals surface area contributed by atoms with E-state index >= 15 is 0 Å². The predicted octanol–water partition coefficient (Wildman–Crippen LogP) is 3.55. The van der Waals surface area contributed by atoms with Crippen molar-refractivity contribution in [3.8, 4) is 5.75 Å². The van der Waals surface area contributed by atoms with Crippen LogP contribution in [0.15, 0.2) is 30.9 Å². The number of aliphatic hydroxyl groups is 3. The molecule has 0 spiro atoms. The molecular weight excluding hydrogens is 392 g/mol. The maximum absolute atomic E-state index is 10.3. The average molecular weight is 429 g/mol. The van der Waals surface area contributed by atoms with Gasteiger partial charge < -0.3 is 24.8 Å². The summed E-state index contributed by atoms with van der Waals surface area (Å²) in [4.78, 5) is 0. The minimum atomic E-state index is -1.29. The Labute approximate surface area is 185 Å². The smallest absolute Gasteiger partial charge is 0.229 e. The summed E-state index contributed by atoms with van der Waals surface area (Å²) in [6.45, 7) is 8.29. The van der Waals surface area contributed by atoms with E-state index in [4.69, 9.17) is 9.47 Å². The Bertz CT molecular complexity index is 839. The van der Waals surface area contributed by atoms with Gasteiger partial charge in [0.25, 0.3) is 0 Å². The number of benzene rings is 1. The van der Waals surface area contributed by atoms with E-state index in [0.29, 0.717) is 23.0 Å². The second-order valence-electron chi connectivity index (χ2n) is 10.5. The van der Waals surface area contributed by atoms with Crippen LogP contribution in [0.25, 0.3) is 0 Å². The van der Waals surface area contributed by atoms with Crippen molar-refractivity contribution < 1.29 is 24.8 Å². The molecule has 1 aliphatic heterocycles. The summed E-state index contributed by atoms with van der Waals surface area (Å²) in [5.74, 6) is 3.47. The molecule has 0 bridgehead atoms. The van der Waals surface area contributed by atoms with Crippen molar-refractivity contribution in [3.05, 3.63) is 42.0 Å². The van der Waals surface area contributed by atoms with Gasteiger partial charge in [-0.05, 0) is 97.8 Å². The Morgan fingerprint density at radius 3 is 2.68 bits per heavy atom. The molecule has 0 amide bonds. The zero-order valence-electron chi connectivity index (χ0n) is 18.6. The van der Waals surface area contributed by atoms with Gasteiger partial charge >= 0.3 is 0 Å². The van der Waals surface area contributed by atoms with E-state index < -0.39 is 30.7 Å². The molecule has 3 unspecified atom stereocenters. The number of rotatable bonds is 3. The lowest BCUT2D eigenvalue weighted by molar-refractivity contribution is -0.268. The van der Waals surface area contributed by atoms with Crippen LogP contribution < -0.4 is 4.74 Å². The molecule has 1 saturated heterocycles. The summed E-state index contributed by atoms with van der Waals surface area (Å²) in [5, 5.41) is 30.2. The van der Waals surface area contributed by atoms with Crippen LogP contribution in [0.4, 0.5) is 0 Å². The average Bonchev–Trinajstić information content (AvgIpc) is 3.12. The maximum atomic E-state index is 10.3. The third-order valence-corrected chi connectivity index (χ3v) is 9.12. The zero-order valence-corrected chi connectivity index (χ0v) is 18.6. The lowest BCUT2D eigenvalue weighted by Gasteiger charge is -2.50. The Balaban J connectivity index is 1.34. The van der Waals surface area contributed by atoms with Gasteiger partial charge in [0.05, 0.1) is 6.10 Å². The normalized spacial score (nSPS) is 46.5. The first-order valence-corrected chi connectivity index (χ1v) is 11.9. The number of ether oxygens (including phenoxy) is 2. The molecule has 1 heterocycles. The number of hydrogen-bond donors (Lipinski definition) is 3. The third kappa shape index (κ3) is 3.36. The molecule has 170 valence electrons. The van der Waals surface area contributed by atoms with Gasteiger partial charge in [-0.25, -0.2) is 0 Å². The Morgan fingerprint density at radius 2 is 1.90 bits per heavy atom. The van der Waals surface area contributed by atoms with Crippen molar-refractivity contribution >= 4 is 0 Å². The lowest BCUT2D eigenvalue weighted by Crippen LogP contribution is -2.58. The van der Waals surface area contributed by atoms with E-state index in [0.717, 1.165) is 18.3 Å². The van der Waals surface area contributed by atoms with Crippen LogP contribution in [-0.2, 0) is 11.2 Å². The van der Waals surface area contributed by atoms with Crippen LogP contribution in [-0.4, -0.2) is 46.0 Å². The largest absolute Gasteiger partial charge is 0.462 e. The van der Waals surface area contributed by atoms with Crippen LogP contribution in [0.1, 0.15) is 63.0 Å². The summed E-state index contributed by atoms with van der Waals surface area (Å²) >= 11 is 0. The quantitative estimate of drug-likeness (QED) is 0.642. The second-order valence-corrected chi connectivity index (χ2v) is 10.5. The van der Waals surface area contributed by atoms with Crippen molar-refractivity contribution in [2.24, 2.45) is 23.2 Å². The molecule has 0 radical (unpaired) electrons. The molecule has 0 aromatic heterocycles. The van der Waals surface area contributed by atoms with Crippen LogP contribution >= 0.6 is 0 Å². The number of fused-ring (bicyclic) bond motifs is 5. The third-order valence-electron chi connectivity index (χ3n) is 9.12. The second kappa shape index (κ2) is 7.87. The van der Waals surface area contributed by atoms with Gasteiger partial charge in [0.15, 0.2) is 0 Å². The summed E-state index contributed by atoms with van der Waals surface area (Å²) in [6, 6.07) is 6.25. The molecule has 1 aromatic rings. The molecule has 5 nitrogen and oxygen atoms in total. The van der Waals surface area contributed by atoms with E-state index in [1.54, 1.807) is 6.92 Å². The molecule has 3 aliphatic carbocycles. The monoisotopic (exact) mass is 428 g/mol. The topological polar surface area (TPSA) is 79.2 Å². The summed E-state index contributed by atoms with van der Waals surface area (Å²) < 4.78 is 11.5. The first-order valence-electron chi connectivity index (χ1n) is 11.9. The molecule has 4 aliphatic rings. The van der Waals surface area contributed by atoms with Gasteiger partial charge in [-0.15, -0.1) is 6.58 Å². The highest BCUT2D eigenvalue weighted by Crippen LogP contribution is 2.63. The number of allylic oxidation sites excluding steroid dienone is 1. The highest BCUT2D eigenvalue weighted by Gasteiger charge is 2.53. The van der Waals surface area contributed by atoms with Gasteiger partial charge in [0, 0.05) is 0 Å². The van der Waals surface area contributed by atoms with Gasteiger partial charge in [-0.2, -0.15) is 0 Å². The molecule has 1 aromatic carbocycles. The van der Waals surface area contributed by atoms with Gasteiger partial charge in [-0.3, -0.25) is 0 Å². The van der Waals surface area contributed by atoms with Crippen LogP contribution in [0.5, 0.6) is 5.75 Å². The van der Waals surface area contributed by atoms with E-state index in [2.05, 4.69) is 31.7 Å². The summed E-state index contributed by atoms with van der Waals surface area (Å²) in [6.07, 6.45) is 4.30. The molecule has 5 heteroatoms. The van der Waals surface area contributed by atoms with Crippen molar-refractivity contribution in [3.63, 3.8) is 0 Å². The Hall–Kier alpha value is -1.40. The minimum absolute atomic E-state index is 0.417. The van der Waals surface area contributed by atoms with E-state index in [9.17, 15) is 15.3 Å².